The van der Waals surface area contributed by atoms with E-state index in [4.69, 9.17) is 33.5 Å². The number of nitrogens with one attached hydrogen (secondary N) is 2. The molecule has 0 unspecified atom stereocenters. The summed E-state index contributed by atoms with van der Waals surface area (Å²) in [5.41, 5.74) is 2.89. The summed E-state index contributed by atoms with van der Waals surface area (Å²) in [5.74, 6) is 0.305. The van der Waals surface area contributed by atoms with Crippen molar-refractivity contribution in [2.24, 2.45) is 0 Å². The fourth-order valence-electron chi connectivity index (χ4n) is 3.01. The zero-order valence-corrected chi connectivity index (χ0v) is 18.9. The number of benzene rings is 3. The maximum Gasteiger partial charge on any atom is 0.257 e. The van der Waals surface area contributed by atoms with Gasteiger partial charge in [0, 0.05) is 16.1 Å². The molecule has 0 fully saturated rings. The highest BCUT2D eigenvalue weighted by Gasteiger charge is 2.14. The monoisotopic (exact) mass is 467 g/mol. The second-order valence-electron chi connectivity index (χ2n) is 6.55. The number of fused-ring (bicyclic) bond motifs is 1. The Balaban J connectivity index is 1.54. The van der Waals surface area contributed by atoms with Gasteiger partial charge in [0.2, 0.25) is 0 Å². The van der Waals surface area contributed by atoms with Gasteiger partial charge in [-0.05, 0) is 67.7 Å². The van der Waals surface area contributed by atoms with Crippen LogP contribution in [0.15, 0.2) is 66.7 Å². The summed E-state index contributed by atoms with van der Waals surface area (Å²) in [6, 6.07) is 20.3. The lowest BCUT2D eigenvalue weighted by molar-refractivity contribution is 0.0977. The van der Waals surface area contributed by atoms with Crippen LogP contribution in [0.2, 0.25) is 5.02 Å². The molecule has 31 heavy (non-hydrogen) atoms. The van der Waals surface area contributed by atoms with Gasteiger partial charge in [0.25, 0.3) is 5.91 Å². The number of halogens is 1. The van der Waals surface area contributed by atoms with Crippen LogP contribution in [0.1, 0.15) is 17.3 Å². The van der Waals surface area contributed by atoms with Crippen LogP contribution in [0.5, 0.6) is 5.75 Å². The lowest BCUT2D eigenvalue weighted by atomic mass is 10.2. The summed E-state index contributed by atoms with van der Waals surface area (Å²) in [6.45, 7) is 2.41. The topological polar surface area (TPSA) is 63.2 Å². The molecule has 0 aliphatic heterocycles. The lowest BCUT2D eigenvalue weighted by Gasteiger charge is -2.13. The summed E-state index contributed by atoms with van der Waals surface area (Å²) in [7, 11) is 0. The first-order valence-corrected chi connectivity index (χ1v) is 11.1. The number of amides is 1. The van der Waals surface area contributed by atoms with Crippen LogP contribution in [-0.4, -0.2) is 22.6 Å². The number of anilines is 1. The number of hydrogen-bond acceptors (Lipinski definition) is 5. The molecule has 8 heteroatoms. The molecular formula is C23H18ClN3O2S2. The van der Waals surface area contributed by atoms with Crippen LogP contribution >= 0.6 is 35.2 Å². The van der Waals surface area contributed by atoms with E-state index in [0.29, 0.717) is 28.6 Å². The summed E-state index contributed by atoms with van der Waals surface area (Å²) < 4.78 is 6.53. The molecule has 4 aromatic rings. The van der Waals surface area contributed by atoms with Crippen molar-refractivity contribution in [1.29, 1.82) is 0 Å². The third kappa shape index (κ3) is 5.02. The largest absolute Gasteiger partial charge is 0.494 e. The van der Waals surface area contributed by atoms with Crippen LogP contribution in [-0.2, 0) is 0 Å². The zero-order valence-electron chi connectivity index (χ0n) is 16.5. The molecule has 0 bridgehead atoms. The highest BCUT2D eigenvalue weighted by Crippen LogP contribution is 2.36. The van der Waals surface area contributed by atoms with E-state index < -0.39 is 0 Å². The highest BCUT2D eigenvalue weighted by atomic mass is 35.5. The van der Waals surface area contributed by atoms with Crippen molar-refractivity contribution in [3.8, 4) is 16.3 Å². The third-order valence-electron chi connectivity index (χ3n) is 4.39. The standard InChI is InChI=1S/C23H18ClN3O2S2/c1-2-29-16-7-5-6-14(12-16)21(28)27-23(30)26-18-11-10-15(24)13-17(18)22-25-19-8-3-4-9-20(19)31-22/h3-13H,2H2,1H3,(H2,26,27,28,30). The van der Waals surface area contributed by atoms with Gasteiger partial charge in [0.05, 0.1) is 22.5 Å². The first kappa shape index (κ1) is 21.2. The summed E-state index contributed by atoms with van der Waals surface area (Å²) in [4.78, 5) is 17.3. The van der Waals surface area contributed by atoms with E-state index in [-0.39, 0.29) is 11.0 Å². The average Bonchev–Trinajstić information content (AvgIpc) is 3.19. The van der Waals surface area contributed by atoms with Crippen LogP contribution < -0.4 is 15.4 Å². The Labute approximate surface area is 194 Å². The van der Waals surface area contributed by atoms with Gasteiger partial charge in [-0.3, -0.25) is 10.1 Å². The van der Waals surface area contributed by atoms with Crippen LogP contribution in [0.3, 0.4) is 0 Å². The third-order valence-corrected chi connectivity index (χ3v) is 5.90. The average molecular weight is 468 g/mol. The number of carbonyl (C=O) groups is 1. The van der Waals surface area contributed by atoms with E-state index in [9.17, 15) is 4.79 Å². The Morgan fingerprint density at radius 1 is 1.13 bits per heavy atom. The van der Waals surface area contributed by atoms with Crippen molar-refractivity contribution in [3.63, 3.8) is 0 Å². The molecule has 0 saturated carbocycles. The van der Waals surface area contributed by atoms with Crippen molar-refractivity contribution in [3.05, 3.63) is 77.3 Å². The van der Waals surface area contributed by atoms with Gasteiger partial charge in [0.15, 0.2) is 5.11 Å². The Bertz CT molecular complexity index is 1240. The van der Waals surface area contributed by atoms with Gasteiger partial charge in [-0.2, -0.15) is 0 Å². The van der Waals surface area contributed by atoms with Crippen molar-refractivity contribution in [2.45, 2.75) is 6.92 Å². The van der Waals surface area contributed by atoms with Gasteiger partial charge < -0.3 is 10.1 Å². The molecular weight excluding hydrogens is 450 g/mol. The van der Waals surface area contributed by atoms with Crippen molar-refractivity contribution in [1.82, 2.24) is 10.3 Å². The Hall–Kier alpha value is -3.00. The predicted molar refractivity (Wildman–Crippen MR) is 131 cm³/mol. The van der Waals surface area contributed by atoms with Crippen LogP contribution in [0.25, 0.3) is 20.8 Å². The molecule has 1 aromatic heterocycles. The molecule has 3 aromatic carbocycles. The molecule has 0 atom stereocenters. The van der Waals surface area contributed by atoms with E-state index in [0.717, 1.165) is 20.8 Å². The van der Waals surface area contributed by atoms with Gasteiger partial charge >= 0.3 is 0 Å². The van der Waals surface area contributed by atoms with Gasteiger partial charge in [-0.15, -0.1) is 11.3 Å². The number of carbonyl (C=O) groups excluding carboxylic acids is 1. The minimum absolute atomic E-state index is 0.177. The van der Waals surface area contributed by atoms with Gasteiger partial charge in [-0.1, -0.05) is 29.8 Å². The summed E-state index contributed by atoms with van der Waals surface area (Å²) in [6.07, 6.45) is 0. The number of thiazole rings is 1. The molecule has 0 saturated heterocycles. The number of ether oxygens (including phenoxy) is 1. The molecule has 156 valence electrons. The van der Waals surface area contributed by atoms with Crippen molar-refractivity contribution in [2.75, 3.05) is 11.9 Å². The van der Waals surface area contributed by atoms with E-state index in [2.05, 4.69) is 10.6 Å². The second-order valence-corrected chi connectivity index (χ2v) is 8.42. The SMILES string of the molecule is CCOc1cccc(C(=O)NC(=S)Nc2ccc(Cl)cc2-c2nc3ccccc3s2)c1. The fourth-order valence-corrected chi connectivity index (χ4v) is 4.38. The van der Waals surface area contributed by atoms with Gasteiger partial charge in [0.1, 0.15) is 10.8 Å². The number of rotatable bonds is 5. The quantitative estimate of drug-likeness (QED) is 0.345. The Kier molecular flexibility index (Phi) is 6.46. The van der Waals surface area contributed by atoms with E-state index in [1.165, 1.54) is 0 Å². The molecule has 5 nitrogen and oxygen atoms in total. The normalized spacial score (nSPS) is 10.6. The lowest BCUT2D eigenvalue weighted by Crippen LogP contribution is -2.34. The van der Waals surface area contributed by atoms with E-state index in [1.807, 2.05) is 43.3 Å². The maximum absolute atomic E-state index is 12.6. The molecule has 0 aliphatic carbocycles. The van der Waals surface area contributed by atoms with E-state index in [1.54, 1.807) is 41.7 Å². The van der Waals surface area contributed by atoms with Gasteiger partial charge in [-0.25, -0.2) is 4.98 Å². The number of aromatic nitrogens is 1. The smallest absolute Gasteiger partial charge is 0.257 e. The van der Waals surface area contributed by atoms with Crippen molar-refractivity contribution >= 4 is 62.1 Å². The van der Waals surface area contributed by atoms with Crippen LogP contribution in [0, 0.1) is 0 Å². The minimum atomic E-state index is -0.324. The van der Waals surface area contributed by atoms with Crippen LogP contribution in [0.4, 0.5) is 5.69 Å². The molecule has 0 aliphatic rings. The number of hydrogen-bond donors (Lipinski definition) is 2. The Morgan fingerprint density at radius 3 is 2.77 bits per heavy atom. The molecule has 0 spiro atoms. The zero-order chi connectivity index (χ0) is 21.8. The predicted octanol–water partition coefficient (Wildman–Crippen LogP) is 6.14. The van der Waals surface area contributed by atoms with E-state index >= 15 is 0 Å². The summed E-state index contributed by atoms with van der Waals surface area (Å²) >= 11 is 13.2. The number of thiocarbonyl (C=S) groups is 1. The highest BCUT2D eigenvalue weighted by molar-refractivity contribution is 7.80. The molecule has 1 heterocycles. The molecule has 2 N–H and O–H groups in total. The maximum atomic E-state index is 12.6. The summed E-state index contributed by atoms with van der Waals surface area (Å²) in [5, 5.41) is 7.38. The molecule has 0 radical (unpaired) electrons. The minimum Gasteiger partial charge on any atom is -0.494 e. The van der Waals surface area contributed by atoms with Crippen molar-refractivity contribution < 1.29 is 9.53 Å². The Morgan fingerprint density at radius 2 is 1.97 bits per heavy atom. The fraction of sp³-hybridized carbons (Fsp3) is 0.0870. The first-order chi connectivity index (χ1) is 15.0. The number of para-hydroxylation sites is 1. The molecule has 1 amide bonds. The number of nitrogens with zero attached hydrogens (tertiary/aromatic N) is 1. The molecule has 4 rings (SSSR count). The first-order valence-electron chi connectivity index (χ1n) is 9.54. The second kappa shape index (κ2) is 9.43.